The summed E-state index contributed by atoms with van der Waals surface area (Å²) in [6, 6.07) is 16.4. The molecule has 2 aliphatic rings. The number of pyridine rings is 1. The van der Waals surface area contributed by atoms with Crippen LogP contribution >= 0.6 is 0 Å². The minimum atomic E-state index is -0.563. The van der Waals surface area contributed by atoms with Crippen molar-refractivity contribution < 1.29 is 28.9 Å². The van der Waals surface area contributed by atoms with Crippen LogP contribution in [0.15, 0.2) is 67.0 Å². The van der Waals surface area contributed by atoms with Gasteiger partial charge in [-0.3, -0.25) is 14.6 Å². The number of carbonyl (C=O) groups is 2. The zero-order chi connectivity index (χ0) is 25.8. The number of fused-ring (bicyclic) bond motifs is 3. The molecule has 9 heteroatoms. The minimum absolute atomic E-state index is 0.0804. The van der Waals surface area contributed by atoms with Crippen molar-refractivity contribution in [1.82, 2.24) is 10.3 Å². The topological polar surface area (TPSA) is 119 Å². The Morgan fingerprint density at radius 1 is 1.16 bits per heavy atom. The maximum atomic E-state index is 12.7. The van der Waals surface area contributed by atoms with E-state index in [0.29, 0.717) is 35.7 Å². The molecule has 3 N–H and O–H groups in total. The second kappa shape index (κ2) is 11.0. The molecule has 0 radical (unpaired) electrons. The van der Waals surface area contributed by atoms with Gasteiger partial charge in [0.2, 0.25) is 5.91 Å². The highest BCUT2D eigenvalue weighted by Gasteiger charge is 2.46. The van der Waals surface area contributed by atoms with E-state index in [9.17, 15) is 14.7 Å². The Labute approximate surface area is 214 Å². The molecular formula is C28H29N3O6. The molecule has 37 heavy (non-hydrogen) atoms. The maximum absolute atomic E-state index is 12.7. The number of rotatable bonds is 8. The number of benzene rings is 2. The summed E-state index contributed by atoms with van der Waals surface area (Å²) in [6.45, 7) is 0.121. The Morgan fingerprint density at radius 2 is 2.03 bits per heavy atom. The number of methoxy groups -OCH3 is 1. The van der Waals surface area contributed by atoms with Gasteiger partial charge in [0, 0.05) is 41.7 Å². The summed E-state index contributed by atoms with van der Waals surface area (Å²) < 4.78 is 17.5. The van der Waals surface area contributed by atoms with E-state index in [0.717, 1.165) is 11.1 Å². The van der Waals surface area contributed by atoms with Crippen molar-refractivity contribution in [2.75, 3.05) is 19.0 Å². The summed E-state index contributed by atoms with van der Waals surface area (Å²) in [7, 11) is 1.60. The van der Waals surface area contributed by atoms with Gasteiger partial charge < -0.3 is 30.0 Å². The third-order valence-electron chi connectivity index (χ3n) is 6.76. The Bertz CT molecular complexity index is 1270. The summed E-state index contributed by atoms with van der Waals surface area (Å²) in [5, 5.41) is 15.8. The van der Waals surface area contributed by atoms with Gasteiger partial charge in [-0.25, -0.2) is 0 Å². The van der Waals surface area contributed by atoms with E-state index >= 15 is 0 Å². The minimum Gasteiger partial charge on any atom is -0.496 e. The van der Waals surface area contributed by atoms with Crippen LogP contribution < -0.4 is 20.1 Å². The lowest BCUT2D eigenvalue weighted by Crippen LogP contribution is -2.47. The number of aliphatic hydroxyl groups is 1. The van der Waals surface area contributed by atoms with E-state index in [4.69, 9.17) is 14.2 Å². The first kappa shape index (κ1) is 24.7. The molecule has 2 aromatic carbocycles. The number of aromatic nitrogens is 1. The summed E-state index contributed by atoms with van der Waals surface area (Å²) in [5.41, 5.74) is 2.91. The van der Waals surface area contributed by atoms with Crippen molar-refractivity contribution in [2.24, 2.45) is 0 Å². The quantitative estimate of drug-likeness (QED) is 0.432. The van der Waals surface area contributed by atoms with E-state index in [-0.39, 0.29) is 43.0 Å². The number of anilines is 1. The zero-order valence-corrected chi connectivity index (χ0v) is 20.4. The van der Waals surface area contributed by atoms with Crippen LogP contribution in [0.2, 0.25) is 0 Å². The van der Waals surface area contributed by atoms with Crippen molar-refractivity contribution in [1.29, 1.82) is 0 Å². The lowest BCUT2D eigenvalue weighted by molar-refractivity contribution is -0.142. The van der Waals surface area contributed by atoms with Crippen LogP contribution in [0.4, 0.5) is 5.69 Å². The zero-order valence-electron chi connectivity index (χ0n) is 20.4. The van der Waals surface area contributed by atoms with Gasteiger partial charge in [-0.05, 0) is 42.8 Å². The van der Waals surface area contributed by atoms with Crippen LogP contribution in [0, 0.1) is 0 Å². The van der Waals surface area contributed by atoms with Crippen molar-refractivity contribution in [3.8, 4) is 11.5 Å². The first-order valence-electron chi connectivity index (χ1n) is 12.2. The number of nitrogens with zero attached hydrogens (tertiary/aromatic N) is 1. The van der Waals surface area contributed by atoms with Crippen molar-refractivity contribution in [3.63, 3.8) is 0 Å². The second-order valence-electron chi connectivity index (χ2n) is 9.14. The Morgan fingerprint density at radius 3 is 2.81 bits per heavy atom. The third-order valence-corrected chi connectivity index (χ3v) is 6.76. The highest BCUT2D eigenvalue weighted by Crippen LogP contribution is 2.47. The van der Waals surface area contributed by atoms with Crippen LogP contribution in [-0.4, -0.2) is 53.9 Å². The van der Waals surface area contributed by atoms with Gasteiger partial charge in [0.25, 0.3) is 5.91 Å². The van der Waals surface area contributed by atoms with E-state index in [1.807, 2.05) is 36.4 Å². The van der Waals surface area contributed by atoms with Gasteiger partial charge >= 0.3 is 0 Å². The monoisotopic (exact) mass is 503 g/mol. The van der Waals surface area contributed by atoms with Crippen molar-refractivity contribution in [2.45, 2.75) is 43.6 Å². The highest BCUT2D eigenvalue weighted by atomic mass is 16.6. The summed E-state index contributed by atoms with van der Waals surface area (Å²) in [4.78, 5) is 29.3. The molecule has 2 amide bonds. The average molecular weight is 504 g/mol. The summed E-state index contributed by atoms with van der Waals surface area (Å²) in [5.74, 6) is 0.919. The molecule has 9 nitrogen and oxygen atoms in total. The molecular weight excluding hydrogens is 474 g/mol. The van der Waals surface area contributed by atoms with Crippen LogP contribution in [-0.2, 0) is 16.1 Å². The number of carbonyl (C=O) groups excluding carboxylic acids is 2. The standard InChI is InChI=1S/C28H29N3O6/c1-35-23-7-3-2-5-17(23)15-30-26(33)13-20-12-22-21-11-19(31-28(34)18-6-4-10-29-14-18)8-9-24(21)37-27(22)25(16-32)36-20/h2-11,14,20,22,25,27,32H,12-13,15-16H2,1H3,(H,30,33)(H,31,34)/t20-,22+,25-,27-/m1/s1. The van der Waals surface area contributed by atoms with Gasteiger partial charge in [-0.1, -0.05) is 18.2 Å². The first-order chi connectivity index (χ1) is 18.1. The van der Waals surface area contributed by atoms with Crippen LogP contribution in [0.3, 0.4) is 0 Å². The second-order valence-corrected chi connectivity index (χ2v) is 9.14. The van der Waals surface area contributed by atoms with Gasteiger partial charge in [0.15, 0.2) is 0 Å². The van der Waals surface area contributed by atoms with Crippen LogP contribution in [0.5, 0.6) is 11.5 Å². The molecule has 0 spiro atoms. The van der Waals surface area contributed by atoms with Crippen LogP contribution in [0.1, 0.15) is 40.2 Å². The Kier molecular flexibility index (Phi) is 7.34. The summed E-state index contributed by atoms with van der Waals surface area (Å²) in [6.07, 6.45) is 2.51. The fourth-order valence-electron chi connectivity index (χ4n) is 4.99. The van der Waals surface area contributed by atoms with Crippen molar-refractivity contribution >= 4 is 17.5 Å². The van der Waals surface area contributed by atoms with Gasteiger partial charge in [-0.15, -0.1) is 0 Å². The molecule has 4 atom stereocenters. The van der Waals surface area contributed by atoms with E-state index in [1.54, 1.807) is 31.5 Å². The normalized spacial score (nSPS) is 21.8. The van der Waals surface area contributed by atoms with Gasteiger partial charge in [0.1, 0.15) is 23.7 Å². The smallest absolute Gasteiger partial charge is 0.257 e. The molecule has 1 fully saturated rings. The molecule has 1 aromatic heterocycles. The highest BCUT2D eigenvalue weighted by molar-refractivity contribution is 6.04. The Balaban J connectivity index is 1.26. The number of hydrogen-bond acceptors (Lipinski definition) is 7. The molecule has 0 unspecified atom stereocenters. The lowest BCUT2D eigenvalue weighted by atomic mass is 9.84. The largest absolute Gasteiger partial charge is 0.496 e. The van der Waals surface area contributed by atoms with E-state index < -0.39 is 6.10 Å². The number of para-hydroxylation sites is 1. The van der Waals surface area contributed by atoms with Gasteiger partial charge in [0.05, 0.1) is 31.8 Å². The molecule has 2 aliphatic heterocycles. The summed E-state index contributed by atoms with van der Waals surface area (Å²) >= 11 is 0. The predicted octanol–water partition coefficient (Wildman–Crippen LogP) is 3.04. The SMILES string of the molecule is COc1ccccc1CNC(=O)C[C@H]1C[C@H]2c3cc(NC(=O)c4cccnc4)ccc3O[C@H]2[C@@H](CO)O1. The molecule has 0 saturated carbocycles. The number of hydrogen-bond donors (Lipinski definition) is 3. The molecule has 5 rings (SSSR count). The Hall–Kier alpha value is -3.95. The molecule has 192 valence electrons. The number of nitrogens with one attached hydrogen (secondary N) is 2. The first-order valence-corrected chi connectivity index (χ1v) is 12.2. The molecule has 1 saturated heterocycles. The molecule has 0 aliphatic carbocycles. The fourth-order valence-corrected chi connectivity index (χ4v) is 4.99. The third kappa shape index (κ3) is 5.42. The van der Waals surface area contributed by atoms with Gasteiger partial charge in [-0.2, -0.15) is 0 Å². The maximum Gasteiger partial charge on any atom is 0.257 e. The van der Waals surface area contributed by atoms with Crippen molar-refractivity contribution in [3.05, 3.63) is 83.7 Å². The predicted molar refractivity (Wildman–Crippen MR) is 136 cm³/mol. The number of ether oxygens (including phenoxy) is 3. The fraction of sp³-hybridized carbons (Fsp3) is 0.321. The van der Waals surface area contributed by atoms with E-state index in [2.05, 4.69) is 15.6 Å². The molecule has 3 heterocycles. The molecule has 3 aromatic rings. The van der Waals surface area contributed by atoms with E-state index in [1.165, 1.54) is 6.20 Å². The lowest BCUT2D eigenvalue weighted by Gasteiger charge is -2.37. The van der Waals surface area contributed by atoms with Crippen LogP contribution in [0.25, 0.3) is 0 Å². The molecule has 0 bridgehead atoms. The average Bonchev–Trinajstić information content (AvgIpc) is 3.30. The number of aliphatic hydroxyl groups excluding tert-OH is 1. The number of amides is 2.